The van der Waals surface area contributed by atoms with Crippen molar-refractivity contribution in [2.45, 2.75) is 39.2 Å². The van der Waals surface area contributed by atoms with Gasteiger partial charge in [0.2, 0.25) is 5.88 Å². The van der Waals surface area contributed by atoms with E-state index >= 15 is 0 Å². The van der Waals surface area contributed by atoms with Gasteiger partial charge in [-0.05, 0) is 25.5 Å². The van der Waals surface area contributed by atoms with Crippen LogP contribution in [0.3, 0.4) is 0 Å². The van der Waals surface area contributed by atoms with Crippen molar-refractivity contribution < 1.29 is 22.6 Å². The van der Waals surface area contributed by atoms with Gasteiger partial charge in [0.1, 0.15) is 11.1 Å². The van der Waals surface area contributed by atoms with Crippen LogP contribution >= 0.6 is 11.3 Å². The number of ether oxygens (including phenoxy) is 2. The van der Waals surface area contributed by atoms with E-state index in [4.69, 9.17) is 9.47 Å². The second kappa shape index (κ2) is 11.1. The molecule has 0 saturated carbocycles. The fraction of sp³-hybridized carbons (Fsp3) is 0.526. The molecule has 1 unspecified atom stereocenters. The zero-order valence-corrected chi connectivity index (χ0v) is 18.2. The number of pyridine rings is 1. The van der Waals surface area contributed by atoms with Gasteiger partial charge >= 0.3 is 6.18 Å². The highest BCUT2D eigenvalue weighted by Gasteiger charge is 2.28. The van der Waals surface area contributed by atoms with Gasteiger partial charge in [0.15, 0.2) is 12.6 Å². The Morgan fingerprint density at radius 1 is 1.40 bits per heavy atom. The normalized spacial score (nSPS) is 13.2. The van der Waals surface area contributed by atoms with E-state index in [1.165, 1.54) is 12.3 Å². The van der Waals surface area contributed by atoms with Crippen LogP contribution in [-0.2, 0) is 17.8 Å². The molecule has 2 aromatic heterocycles. The summed E-state index contributed by atoms with van der Waals surface area (Å²) in [5.74, 6) is 0.571. The Balaban J connectivity index is 2.03. The minimum atomic E-state index is -4.41. The van der Waals surface area contributed by atoms with Crippen molar-refractivity contribution in [2.75, 3.05) is 27.3 Å². The molecule has 0 aliphatic heterocycles. The van der Waals surface area contributed by atoms with Crippen LogP contribution in [0.2, 0.25) is 0 Å². The van der Waals surface area contributed by atoms with Gasteiger partial charge in [-0.25, -0.2) is 15.0 Å². The number of hydrogen-bond acceptors (Lipinski definition) is 6. The highest BCUT2D eigenvalue weighted by atomic mass is 32.1. The van der Waals surface area contributed by atoms with E-state index in [1.54, 1.807) is 24.5 Å². The number of thiazole rings is 1. The Bertz CT molecular complexity index is 828. The topological polar surface area (TPSA) is 71.9 Å². The van der Waals surface area contributed by atoms with Gasteiger partial charge in [0.05, 0.1) is 18.8 Å². The summed E-state index contributed by atoms with van der Waals surface area (Å²) in [5.41, 5.74) is 1.59. The second-order valence-electron chi connectivity index (χ2n) is 6.49. The molecule has 2 heterocycles. The smallest absolute Gasteiger partial charge is 0.422 e. The van der Waals surface area contributed by atoms with E-state index in [0.29, 0.717) is 24.6 Å². The molecule has 0 saturated heterocycles. The summed E-state index contributed by atoms with van der Waals surface area (Å²) in [6.07, 6.45) is -3.06. The Morgan fingerprint density at radius 3 is 2.83 bits per heavy atom. The third kappa shape index (κ3) is 7.79. The average Bonchev–Trinajstić information content (AvgIpc) is 3.17. The monoisotopic (exact) mass is 445 g/mol. The zero-order valence-electron chi connectivity index (χ0n) is 17.4. The van der Waals surface area contributed by atoms with Gasteiger partial charge in [-0.2, -0.15) is 13.2 Å². The molecule has 0 fully saturated rings. The van der Waals surface area contributed by atoms with Gasteiger partial charge < -0.3 is 19.7 Å². The third-order valence-corrected chi connectivity index (χ3v) is 5.02. The largest absolute Gasteiger partial charge is 0.468 e. The molecule has 7 nitrogen and oxygen atoms in total. The van der Waals surface area contributed by atoms with Gasteiger partial charge in [-0.15, -0.1) is 11.3 Å². The molecule has 1 atom stereocenters. The van der Waals surface area contributed by atoms with Crippen LogP contribution in [0, 0.1) is 0 Å². The molecule has 2 rings (SSSR count). The predicted octanol–water partition coefficient (Wildman–Crippen LogP) is 3.78. The SMILES string of the molecule is CCNC(=NCc1ccnc(OCC(F)(F)F)c1)N(C)Cc1csc(C(C)OC)n1. The summed E-state index contributed by atoms with van der Waals surface area (Å²) >= 11 is 1.54. The van der Waals surface area contributed by atoms with Crippen LogP contribution in [0.15, 0.2) is 28.7 Å². The number of halogens is 3. The standard InChI is InChI=1S/C19H26F3N5O2S/c1-5-23-18(27(3)10-15-11-30-17(26-15)13(2)28-4)25-9-14-6-7-24-16(8-14)29-12-19(20,21)22/h6-8,11,13H,5,9-10,12H2,1-4H3,(H,23,25). The highest BCUT2D eigenvalue weighted by Crippen LogP contribution is 2.21. The lowest BCUT2D eigenvalue weighted by Crippen LogP contribution is -2.38. The fourth-order valence-corrected chi connectivity index (χ4v) is 3.26. The van der Waals surface area contributed by atoms with Gasteiger partial charge in [-0.3, -0.25) is 0 Å². The highest BCUT2D eigenvalue weighted by molar-refractivity contribution is 7.09. The minimum absolute atomic E-state index is 0.0589. The molecule has 166 valence electrons. The van der Waals surface area contributed by atoms with E-state index in [1.807, 2.05) is 31.2 Å². The summed E-state index contributed by atoms with van der Waals surface area (Å²) in [6, 6.07) is 3.14. The van der Waals surface area contributed by atoms with Gasteiger partial charge in [-0.1, -0.05) is 0 Å². The van der Waals surface area contributed by atoms with Crippen LogP contribution in [-0.4, -0.2) is 54.3 Å². The summed E-state index contributed by atoms with van der Waals surface area (Å²) < 4.78 is 46.9. The number of methoxy groups -OCH3 is 1. The average molecular weight is 446 g/mol. The predicted molar refractivity (Wildman–Crippen MR) is 110 cm³/mol. The van der Waals surface area contributed by atoms with E-state index in [9.17, 15) is 13.2 Å². The zero-order chi connectivity index (χ0) is 22.1. The maximum atomic E-state index is 12.3. The first-order valence-electron chi connectivity index (χ1n) is 9.32. The maximum Gasteiger partial charge on any atom is 0.422 e. The first-order valence-corrected chi connectivity index (χ1v) is 10.2. The summed E-state index contributed by atoms with van der Waals surface area (Å²) in [6.45, 7) is 4.01. The molecular weight excluding hydrogens is 419 g/mol. The number of hydrogen-bond donors (Lipinski definition) is 1. The molecule has 0 aromatic carbocycles. The van der Waals surface area contributed by atoms with Crippen LogP contribution in [0.5, 0.6) is 5.88 Å². The van der Waals surface area contributed by atoms with Crippen LogP contribution in [0.4, 0.5) is 13.2 Å². The molecule has 1 N–H and O–H groups in total. The van der Waals surface area contributed by atoms with Crippen molar-refractivity contribution in [3.05, 3.63) is 40.0 Å². The van der Waals surface area contributed by atoms with Crippen molar-refractivity contribution in [1.29, 1.82) is 0 Å². The van der Waals surface area contributed by atoms with Crippen LogP contribution in [0.25, 0.3) is 0 Å². The lowest BCUT2D eigenvalue weighted by Gasteiger charge is -2.21. The molecule has 0 amide bonds. The number of rotatable bonds is 9. The Morgan fingerprint density at radius 2 is 2.17 bits per heavy atom. The molecule has 11 heteroatoms. The number of nitrogens with one attached hydrogen (secondary N) is 1. The van der Waals surface area contributed by atoms with E-state index in [0.717, 1.165) is 10.7 Å². The molecule has 0 radical (unpaired) electrons. The first-order chi connectivity index (χ1) is 14.2. The molecule has 30 heavy (non-hydrogen) atoms. The van der Waals surface area contributed by atoms with Crippen LogP contribution < -0.4 is 10.1 Å². The van der Waals surface area contributed by atoms with Crippen molar-refractivity contribution in [3.63, 3.8) is 0 Å². The number of nitrogens with zero attached hydrogens (tertiary/aromatic N) is 4. The lowest BCUT2D eigenvalue weighted by molar-refractivity contribution is -0.154. The third-order valence-electron chi connectivity index (χ3n) is 3.96. The van der Waals surface area contributed by atoms with E-state index < -0.39 is 12.8 Å². The number of alkyl halides is 3. The Kier molecular flexibility index (Phi) is 8.85. The van der Waals surface area contributed by atoms with Crippen molar-refractivity contribution in [2.24, 2.45) is 4.99 Å². The first kappa shape index (κ1) is 23.9. The van der Waals surface area contributed by atoms with Crippen LogP contribution in [0.1, 0.15) is 36.2 Å². The summed E-state index contributed by atoms with van der Waals surface area (Å²) in [7, 11) is 3.54. The Hall–Kier alpha value is -2.40. The fourth-order valence-electron chi connectivity index (χ4n) is 2.42. The maximum absolute atomic E-state index is 12.3. The second-order valence-corrected chi connectivity index (χ2v) is 7.38. The van der Waals surface area contributed by atoms with Gasteiger partial charge in [0.25, 0.3) is 0 Å². The van der Waals surface area contributed by atoms with Crippen molar-refractivity contribution in [3.8, 4) is 5.88 Å². The summed E-state index contributed by atoms with van der Waals surface area (Å²) in [4.78, 5) is 14.9. The Labute approximate surface area is 178 Å². The number of guanidine groups is 1. The molecule has 0 aliphatic carbocycles. The lowest BCUT2D eigenvalue weighted by atomic mass is 10.3. The quantitative estimate of drug-likeness (QED) is 0.468. The number of aliphatic imine (C=N–C) groups is 1. The summed E-state index contributed by atoms with van der Waals surface area (Å²) in [5, 5.41) is 6.10. The molecular formula is C19H26F3N5O2S. The molecule has 0 aliphatic rings. The van der Waals surface area contributed by atoms with E-state index in [2.05, 4.69) is 20.3 Å². The number of aromatic nitrogens is 2. The molecule has 2 aromatic rings. The molecule has 0 bridgehead atoms. The van der Waals surface area contributed by atoms with Crippen molar-refractivity contribution in [1.82, 2.24) is 20.2 Å². The minimum Gasteiger partial charge on any atom is -0.468 e. The molecule has 0 spiro atoms. The van der Waals surface area contributed by atoms with E-state index in [-0.39, 0.29) is 18.5 Å². The van der Waals surface area contributed by atoms with Crippen molar-refractivity contribution >= 4 is 17.3 Å². The van der Waals surface area contributed by atoms with Gasteiger partial charge in [0, 0.05) is 38.3 Å².